The largest absolute Gasteiger partial charge is 0.463 e. The van der Waals surface area contributed by atoms with Crippen molar-refractivity contribution in [2.75, 3.05) is 7.05 Å². The third-order valence-corrected chi connectivity index (χ3v) is 3.14. The molecule has 0 spiro atoms. The molecule has 100 valence electrons. The lowest BCUT2D eigenvalue weighted by atomic mass is 10.1. The van der Waals surface area contributed by atoms with Gasteiger partial charge in [0.25, 0.3) is 5.91 Å². The molecule has 2 N–H and O–H groups in total. The SMILES string of the molecule is CN1C(N)=NC(=O)/C1=C\c1coc2ccccc2c1=O. The number of hydrogen-bond acceptors (Lipinski definition) is 5. The zero-order valence-corrected chi connectivity index (χ0v) is 10.7. The minimum Gasteiger partial charge on any atom is -0.463 e. The number of nitrogens with two attached hydrogens (primary N) is 1. The van der Waals surface area contributed by atoms with E-state index in [4.69, 9.17) is 10.2 Å². The fourth-order valence-corrected chi connectivity index (χ4v) is 2.00. The maximum Gasteiger partial charge on any atom is 0.296 e. The summed E-state index contributed by atoms with van der Waals surface area (Å²) in [6, 6.07) is 6.92. The van der Waals surface area contributed by atoms with Gasteiger partial charge in [-0.1, -0.05) is 12.1 Å². The Labute approximate surface area is 113 Å². The van der Waals surface area contributed by atoms with Crippen LogP contribution in [0.15, 0.2) is 50.4 Å². The van der Waals surface area contributed by atoms with E-state index in [2.05, 4.69) is 4.99 Å². The topological polar surface area (TPSA) is 88.9 Å². The van der Waals surface area contributed by atoms with Crippen LogP contribution in [-0.2, 0) is 4.79 Å². The highest BCUT2D eigenvalue weighted by molar-refractivity contribution is 6.12. The number of carbonyl (C=O) groups excluding carboxylic acids is 1. The van der Waals surface area contributed by atoms with Crippen LogP contribution in [0.5, 0.6) is 0 Å². The molecule has 6 nitrogen and oxygen atoms in total. The molecule has 1 aromatic heterocycles. The predicted octanol–water partition coefficient (Wildman–Crippen LogP) is 0.921. The summed E-state index contributed by atoms with van der Waals surface area (Å²) >= 11 is 0. The van der Waals surface area contributed by atoms with Crippen LogP contribution in [-0.4, -0.2) is 23.8 Å². The highest BCUT2D eigenvalue weighted by Gasteiger charge is 2.24. The van der Waals surface area contributed by atoms with Crippen molar-refractivity contribution < 1.29 is 9.21 Å². The quantitative estimate of drug-likeness (QED) is 0.778. The molecule has 0 fully saturated rings. The number of nitrogens with zero attached hydrogens (tertiary/aromatic N) is 2. The number of benzene rings is 1. The zero-order chi connectivity index (χ0) is 14.3. The minimum atomic E-state index is -0.474. The number of para-hydroxylation sites is 1. The number of fused-ring (bicyclic) bond motifs is 1. The molecule has 6 heteroatoms. The van der Waals surface area contributed by atoms with E-state index in [-0.39, 0.29) is 22.6 Å². The summed E-state index contributed by atoms with van der Waals surface area (Å²) in [7, 11) is 1.61. The molecule has 2 aromatic rings. The average Bonchev–Trinajstić information content (AvgIpc) is 2.68. The monoisotopic (exact) mass is 269 g/mol. The first-order chi connectivity index (χ1) is 9.58. The number of carbonyl (C=O) groups is 1. The highest BCUT2D eigenvalue weighted by Crippen LogP contribution is 2.16. The summed E-state index contributed by atoms with van der Waals surface area (Å²) in [6.07, 6.45) is 2.76. The van der Waals surface area contributed by atoms with Gasteiger partial charge in [0.05, 0.1) is 10.9 Å². The lowest BCUT2D eigenvalue weighted by Gasteiger charge is -2.10. The first-order valence-corrected chi connectivity index (χ1v) is 5.92. The van der Waals surface area contributed by atoms with Crippen molar-refractivity contribution in [2.24, 2.45) is 10.7 Å². The Morgan fingerprint density at radius 2 is 2.05 bits per heavy atom. The molecule has 1 aromatic carbocycles. The molecule has 20 heavy (non-hydrogen) atoms. The Bertz CT molecular complexity index is 833. The molecule has 0 saturated heterocycles. The third-order valence-electron chi connectivity index (χ3n) is 3.14. The summed E-state index contributed by atoms with van der Waals surface area (Å²) in [5.74, 6) is -0.371. The standard InChI is InChI=1S/C14H11N3O3/c1-17-10(13(19)16-14(17)15)6-8-7-20-11-5-3-2-4-9(11)12(8)18/h2-7H,1H3,(H2,15,16,19)/b10-6+. The van der Waals surface area contributed by atoms with Crippen molar-refractivity contribution in [3.63, 3.8) is 0 Å². The zero-order valence-electron chi connectivity index (χ0n) is 10.7. The van der Waals surface area contributed by atoms with Crippen LogP contribution in [0, 0.1) is 0 Å². The van der Waals surface area contributed by atoms with Gasteiger partial charge in [0, 0.05) is 7.05 Å². The van der Waals surface area contributed by atoms with Crippen molar-refractivity contribution in [1.29, 1.82) is 0 Å². The van der Waals surface area contributed by atoms with E-state index in [0.29, 0.717) is 11.0 Å². The van der Waals surface area contributed by atoms with Gasteiger partial charge < -0.3 is 15.1 Å². The van der Waals surface area contributed by atoms with Gasteiger partial charge in [0.2, 0.25) is 5.96 Å². The normalized spacial score (nSPS) is 17.1. The van der Waals surface area contributed by atoms with Gasteiger partial charge in [-0.15, -0.1) is 0 Å². The number of hydrogen-bond donors (Lipinski definition) is 1. The second kappa shape index (κ2) is 4.34. The van der Waals surface area contributed by atoms with E-state index in [0.717, 1.165) is 0 Å². The Kier molecular flexibility index (Phi) is 2.64. The molecule has 1 amide bonds. The smallest absolute Gasteiger partial charge is 0.296 e. The van der Waals surface area contributed by atoms with Gasteiger partial charge in [0.15, 0.2) is 5.43 Å². The van der Waals surface area contributed by atoms with Crippen LogP contribution in [0.3, 0.4) is 0 Å². The van der Waals surface area contributed by atoms with Crippen molar-refractivity contribution >= 4 is 28.9 Å². The lowest BCUT2D eigenvalue weighted by molar-refractivity contribution is -0.114. The van der Waals surface area contributed by atoms with Crippen LogP contribution in [0.4, 0.5) is 0 Å². The fraction of sp³-hybridized carbons (Fsp3) is 0.0714. The third kappa shape index (κ3) is 1.78. The van der Waals surface area contributed by atoms with E-state index in [9.17, 15) is 9.59 Å². The summed E-state index contributed by atoms with van der Waals surface area (Å²) < 4.78 is 5.39. The Morgan fingerprint density at radius 1 is 1.30 bits per heavy atom. The Morgan fingerprint density at radius 3 is 2.75 bits per heavy atom. The van der Waals surface area contributed by atoms with Crippen molar-refractivity contribution in [2.45, 2.75) is 0 Å². The first kappa shape index (κ1) is 12.2. The number of rotatable bonds is 1. The van der Waals surface area contributed by atoms with Crippen molar-refractivity contribution in [3.05, 3.63) is 52.0 Å². The number of aliphatic imine (C=N–C) groups is 1. The van der Waals surface area contributed by atoms with Crippen LogP contribution < -0.4 is 11.2 Å². The van der Waals surface area contributed by atoms with Crippen LogP contribution >= 0.6 is 0 Å². The fourth-order valence-electron chi connectivity index (χ4n) is 2.00. The highest BCUT2D eigenvalue weighted by atomic mass is 16.3. The van der Waals surface area contributed by atoms with Gasteiger partial charge in [-0.05, 0) is 18.2 Å². The summed E-state index contributed by atoms with van der Waals surface area (Å²) in [6.45, 7) is 0. The van der Waals surface area contributed by atoms with Crippen LogP contribution in [0.2, 0.25) is 0 Å². The van der Waals surface area contributed by atoms with E-state index in [1.165, 1.54) is 17.2 Å². The van der Waals surface area contributed by atoms with Gasteiger partial charge in [0.1, 0.15) is 17.5 Å². The average molecular weight is 269 g/mol. The van der Waals surface area contributed by atoms with Crippen molar-refractivity contribution in [1.82, 2.24) is 4.90 Å². The first-order valence-electron chi connectivity index (χ1n) is 5.92. The molecule has 0 bridgehead atoms. The molecular formula is C14H11N3O3. The second-order valence-corrected chi connectivity index (χ2v) is 4.38. The number of likely N-dealkylation sites (N-methyl/N-ethyl adjacent to an activating group) is 1. The van der Waals surface area contributed by atoms with E-state index in [1.807, 2.05) is 0 Å². The summed E-state index contributed by atoms with van der Waals surface area (Å²) in [5, 5.41) is 0.462. The minimum absolute atomic E-state index is 0.103. The Balaban J connectivity index is 2.15. The molecule has 2 heterocycles. The molecule has 0 unspecified atom stereocenters. The molecule has 1 aliphatic rings. The summed E-state index contributed by atoms with van der Waals surface area (Å²) in [4.78, 5) is 29.0. The van der Waals surface area contributed by atoms with Crippen LogP contribution in [0.25, 0.3) is 17.0 Å². The second-order valence-electron chi connectivity index (χ2n) is 4.38. The maximum atomic E-state index is 12.3. The molecular weight excluding hydrogens is 258 g/mol. The van der Waals surface area contributed by atoms with E-state index >= 15 is 0 Å². The van der Waals surface area contributed by atoms with Gasteiger partial charge in [-0.3, -0.25) is 9.59 Å². The van der Waals surface area contributed by atoms with Gasteiger partial charge in [-0.2, -0.15) is 4.99 Å². The Hall–Kier alpha value is -2.89. The number of guanidine groups is 1. The van der Waals surface area contributed by atoms with Gasteiger partial charge in [-0.25, -0.2) is 0 Å². The molecule has 0 saturated carbocycles. The van der Waals surface area contributed by atoms with Crippen LogP contribution in [0.1, 0.15) is 5.56 Å². The molecule has 3 rings (SSSR count). The molecule has 0 radical (unpaired) electrons. The lowest BCUT2D eigenvalue weighted by Crippen LogP contribution is -2.28. The van der Waals surface area contributed by atoms with Crippen molar-refractivity contribution in [3.8, 4) is 0 Å². The predicted molar refractivity (Wildman–Crippen MR) is 74.9 cm³/mol. The van der Waals surface area contributed by atoms with Gasteiger partial charge >= 0.3 is 0 Å². The molecule has 0 aliphatic carbocycles. The summed E-state index contributed by atoms with van der Waals surface area (Å²) in [5.41, 5.74) is 6.37. The number of amides is 1. The van der Waals surface area contributed by atoms with E-state index < -0.39 is 5.91 Å². The molecule has 1 aliphatic heterocycles. The molecule has 0 atom stereocenters. The van der Waals surface area contributed by atoms with E-state index in [1.54, 1.807) is 31.3 Å². The maximum absolute atomic E-state index is 12.3.